The number of carbonyl (C=O) groups is 1. The van der Waals surface area contributed by atoms with Crippen LogP contribution in [0.5, 0.6) is 0 Å². The van der Waals surface area contributed by atoms with Crippen molar-refractivity contribution in [2.45, 2.75) is 25.7 Å². The molecule has 20 heavy (non-hydrogen) atoms. The largest absolute Gasteiger partial charge is 0.407 e. The van der Waals surface area contributed by atoms with Crippen molar-refractivity contribution in [3.8, 4) is 0 Å². The van der Waals surface area contributed by atoms with Crippen molar-refractivity contribution in [3.63, 3.8) is 0 Å². The number of hydrogen-bond donors (Lipinski definition) is 0. The van der Waals surface area contributed by atoms with Gasteiger partial charge in [0.2, 0.25) is 5.92 Å². The maximum absolute atomic E-state index is 12.4. The number of benzene rings is 1. The normalized spacial score (nSPS) is 12.8. The Balaban J connectivity index is 3.04. The van der Waals surface area contributed by atoms with E-state index in [9.17, 15) is 31.1 Å². The molecule has 0 saturated carbocycles. The summed E-state index contributed by atoms with van der Waals surface area (Å²) in [6.45, 7) is 1.64. The zero-order valence-electron chi connectivity index (χ0n) is 10.1. The van der Waals surface area contributed by atoms with Crippen LogP contribution in [0.15, 0.2) is 18.2 Å². The number of carbonyl (C=O) groups excluding carboxylic acids is 1. The average molecular weight is 319 g/mol. The van der Waals surface area contributed by atoms with E-state index in [1.807, 2.05) is 0 Å². The SMILES string of the molecule is Cc1ccc(CC(=O)C(C(F)(F)F)C(F)(F)F)c(Cl)c1. The third-order valence-corrected chi connectivity index (χ3v) is 2.90. The molecule has 0 radical (unpaired) electrons. The molecule has 112 valence electrons. The summed E-state index contributed by atoms with van der Waals surface area (Å²) < 4.78 is 74.2. The van der Waals surface area contributed by atoms with E-state index in [-0.39, 0.29) is 10.6 Å². The van der Waals surface area contributed by atoms with Gasteiger partial charge in [-0.1, -0.05) is 23.7 Å². The number of Topliss-reactive ketones (excluding diaryl/α,β-unsaturated/α-hetero) is 1. The van der Waals surface area contributed by atoms with E-state index in [1.165, 1.54) is 18.2 Å². The predicted molar refractivity (Wildman–Crippen MR) is 60.5 cm³/mol. The van der Waals surface area contributed by atoms with E-state index >= 15 is 0 Å². The molecular formula is C12H9ClF6O. The molecule has 1 aromatic carbocycles. The highest BCUT2D eigenvalue weighted by atomic mass is 35.5. The Hall–Kier alpha value is -1.24. The fourth-order valence-corrected chi connectivity index (χ4v) is 1.94. The molecule has 0 aromatic heterocycles. The molecule has 0 amide bonds. The van der Waals surface area contributed by atoms with E-state index in [0.29, 0.717) is 5.56 Å². The standard InChI is InChI=1S/C12H9ClF6O/c1-6-2-3-7(8(13)4-6)5-9(20)10(11(14,15)16)12(17,18)19/h2-4,10H,5H2,1H3. The van der Waals surface area contributed by atoms with Crippen molar-refractivity contribution in [1.82, 2.24) is 0 Å². The molecule has 0 aliphatic rings. The number of rotatable bonds is 3. The molecule has 0 aliphatic heterocycles. The van der Waals surface area contributed by atoms with Gasteiger partial charge in [-0.3, -0.25) is 4.79 Å². The summed E-state index contributed by atoms with van der Waals surface area (Å²) in [6.07, 6.45) is -12.4. The predicted octanol–water partition coefficient (Wildman–Crippen LogP) is 4.50. The molecule has 1 rings (SSSR count). The van der Waals surface area contributed by atoms with Crippen LogP contribution in [-0.4, -0.2) is 18.1 Å². The lowest BCUT2D eigenvalue weighted by Crippen LogP contribution is -2.43. The van der Waals surface area contributed by atoms with Crippen molar-refractivity contribution < 1.29 is 31.1 Å². The van der Waals surface area contributed by atoms with Crippen molar-refractivity contribution in [2.75, 3.05) is 0 Å². The number of hydrogen-bond acceptors (Lipinski definition) is 1. The Bertz CT molecular complexity index is 492. The Labute approximate surface area is 115 Å². The van der Waals surface area contributed by atoms with Gasteiger partial charge in [-0.15, -0.1) is 0 Å². The molecule has 1 aromatic rings. The molecule has 0 N–H and O–H groups in total. The smallest absolute Gasteiger partial charge is 0.298 e. The Morgan fingerprint density at radius 1 is 1.15 bits per heavy atom. The second kappa shape index (κ2) is 5.63. The molecule has 0 spiro atoms. The molecule has 0 heterocycles. The van der Waals surface area contributed by atoms with Gasteiger partial charge in [0, 0.05) is 11.4 Å². The van der Waals surface area contributed by atoms with Crippen LogP contribution in [0.4, 0.5) is 26.3 Å². The summed E-state index contributed by atoms with van der Waals surface area (Å²) in [5.74, 6) is -5.97. The van der Waals surface area contributed by atoms with Crippen molar-refractivity contribution in [2.24, 2.45) is 5.92 Å². The van der Waals surface area contributed by atoms with E-state index in [2.05, 4.69) is 0 Å². The average Bonchev–Trinajstić information content (AvgIpc) is 2.17. The van der Waals surface area contributed by atoms with Crippen molar-refractivity contribution in [3.05, 3.63) is 34.3 Å². The van der Waals surface area contributed by atoms with Gasteiger partial charge in [0.15, 0.2) is 5.78 Å². The first-order valence-electron chi connectivity index (χ1n) is 5.34. The highest BCUT2D eigenvalue weighted by molar-refractivity contribution is 6.31. The maximum Gasteiger partial charge on any atom is 0.407 e. The molecule has 0 saturated heterocycles. The highest BCUT2D eigenvalue weighted by Crippen LogP contribution is 2.40. The van der Waals surface area contributed by atoms with Gasteiger partial charge in [-0.05, 0) is 24.1 Å². The fourth-order valence-electron chi connectivity index (χ4n) is 1.64. The lowest BCUT2D eigenvalue weighted by molar-refractivity contribution is -0.273. The lowest BCUT2D eigenvalue weighted by atomic mass is 9.96. The van der Waals surface area contributed by atoms with E-state index in [1.54, 1.807) is 6.92 Å². The first-order valence-corrected chi connectivity index (χ1v) is 5.72. The lowest BCUT2D eigenvalue weighted by Gasteiger charge is -2.21. The minimum absolute atomic E-state index is 0.0403. The summed E-state index contributed by atoms with van der Waals surface area (Å²) in [4.78, 5) is 11.3. The molecular weight excluding hydrogens is 310 g/mol. The summed E-state index contributed by atoms with van der Waals surface area (Å²) in [7, 11) is 0. The van der Waals surface area contributed by atoms with Crippen LogP contribution < -0.4 is 0 Å². The van der Waals surface area contributed by atoms with Crippen LogP contribution in [0.2, 0.25) is 5.02 Å². The third-order valence-electron chi connectivity index (χ3n) is 2.55. The van der Waals surface area contributed by atoms with Gasteiger partial charge in [0.1, 0.15) is 0 Å². The summed E-state index contributed by atoms with van der Waals surface area (Å²) >= 11 is 5.69. The number of ketones is 1. The number of aryl methyl sites for hydroxylation is 1. The van der Waals surface area contributed by atoms with Crippen molar-refractivity contribution >= 4 is 17.4 Å². The summed E-state index contributed by atoms with van der Waals surface area (Å²) in [5.41, 5.74) is 0.607. The number of alkyl halides is 6. The quantitative estimate of drug-likeness (QED) is 0.750. The van der Waals surface area contributed by atoms with Gasteiger partial charge in [0.25, 0.3) is 0 Å². The third kappa shape index (κ3) is 4.13. The second-order valence-electron chi connectivity index (χ2n) is 4.25. The Kier molecular flexibility index (Phi) is 4.74. The second-order valence-corrected chi connectivity index (χ2v) is 4.66. The molecule has 0 unspecified atom stereocenters. The fraction of sp³-hybridized carbons (Fsp3) is 0.417. The Morgan fingerprint density at radius 2 is 1.65 bits per heavy atom. The zero-order valence-corrected chi connectivity index (χ0v) is 10.8. The molecule has 8 heteroatoms. The van der Waals surface area contributed by atoms with E-state index in [0.717, 1.165) is 0 Å². The molecule has 0 bridgehead atoms. The number of halogens is 7. The van der Waals surface area contributed by atoms with Crippen LogP contribution >= 0.6 is 11.6 Å². The highest BCUT2D eigenvalue weighted by Gasteiger charge is 2.60. The van der Waals surface area contributed by atoms with Gasteiger partial charge in [-0.25, -0.2) is 0 Å². The van der Waals surface area contributed by atoms with Crippen molar-refractivity contribution in [1.29, 1.82) is 0 Å². The minimum Gasteiger partial charge on any atom is -0.298 e. The van der Waals surface area contributed by atoms with Crippen LogP contribution in [0.25, 0.3) is 0 Å². The van der Waals surface area contributed by atoms with Crippen LogP contribution in [0.1, 0.15) is 11.1 Å². The zero-order chi connectivity index (χ0) is 15.7. The van der Waals surface area contributed by atoms with Gasteiger partial charge >= 0.3 is 12.4 Å². The Morgan fingerprint density at radius 3 is 2.05 bits per heavy atom. The molecule has 0 aliphatic carbocycles. The molecule has 0 fully saturated rings. The van der Waals surface area contributed by atoms with Gasteiger partial charge < -0.3 is 0 Å². The van der Waals surface area contributed by atoms with Crippen LogP contribution in [0, 0.1) is 12.8 Å². The van der Waals surface area contributed by atoms with Gasteiger partial charge in [0.05, 0.1) is 0 Å². The topological polar surface area (TPSA) is 17.1 Å². The summed E-state index contributed by atoms with van der Waals surface area (Å²) in [6, 6.07) is 4.05. The van der Waals surface area contributed by atoms with E-state index < -0.39 is 30.5 Å². The summed E-state index contributed by atoms with van der Waals surface area (Å²) in [5, 5.41) is -0.0403. The van der Waals surface area contributed by atoms with Crippen LogP contribution in [-0.2, 0) is 11.2 Å². The maximum atomic E-state index is 12.4. The molecule has 0 atom stereocenters. The van der Waals surface area contributed by atoms with Crippen LogP contribution in [0.3, 0.4) is 0 Å². The monoisotopic (exact) mass is 318 g/mol. The first kappa shape index (κ1) is 16.8. The minimum atomic E-state index is -5.67. The molecule has 1 nitrogen and oxygen atoms in total. The van der Waals surface area contributed by atoms with E-state index in [4.69, 9.17) is 11.6 Å². The van der Waals surface area contributed by atoms with Gasteiger partial charge in [-0.2, -0.15) is 26.3 Å². The first-order chi connectivity index (χ1) is 8.93.